The first kappa shape index (κ1) is 9.61. The van der Waals surface area contributed by atoms with Gasteiger partial charge in [-0.15, -0.1) is 23.1 Å². The zero-order valence-corrected chi connectivity index (χ0v) is 10.7. The Labute approximate surface area is 98.3 Å². The van der Waals surface area contributed by atoms with Crippen LogP contribution in [0.3, 0.4) is 0 Å². The topological polar surface area (TPSA) is 20.2 Å². The molecule has 0 saturated carbocycles. The number of thiophene rings is 1. The summed E-state index contributed by atoms with van der Waals surface area (Å²) in [6.07, 6.45) is 2.03. The lowest BCUT2D eigenvalue weighted by Gasteiger charge is -2.01. The highest BCUT2D eigenvalue weighted by atomic mass is 127. The highest BCUT2D eigenvalue weighted by molar-refractivity contribution is 14.1. The zero-order valence-electron chi connectivity index (χ0n) is 6.87. The molecule has 0 radical (unpaired) electrons. The van der Waals surface area contributed by atoms with Crippen molar-refractivity contribution in [3.63, 3.8) is 0 Å². The van der Waals surface area contributed by atoms with Gasteiger partial charge in [-0.2, -0.15) is 0 Å². The fourth-order valence-electron chi connectivity index (χ4n) is 1.24. The molecule has 1 heterocycles. The quantitative estimate of drug-likeness (QED) is 0.634. The molecular weight excluding hydrogens is 315 g/mol. The molecule has 0 aliphatic rings. The number of benzene rings is 1. The normalized spacial score (nSPS) is 10.9. The minimum absolute atomic E-state index is 0.357. The SMILES string of the molecule is CSc1cc(O)cc2scc(I)c12. The summed E-state index contributed by atoms with van der Waals surface area (Å²) in [5.74, 6) is 0.357. The summed E-state index contributed by atoms with van der Waals surface area (Å²) in [7, 11) is 0. The molecule has 4 heteroatoms. The molecule has 68 valence electrons. The second-order valence-electron chi connectivity index (χ2n) is 2.60. The van der Waals surface area contributed by atoms with E-state index in [-0.39, 0.29) is 0 Å². The maximum atomic E-state index is 9.44. The average molecular weight is 322 g/mol. The third-order valence-corrected chi connectivity index (χ3v) is 4.76. The van der Waals surface area contributed by atoms with Gasteiger partial charge in [-0.25, -0.2) is 0 Å². The molecule has 1 N–H and O–H groups in total. The summed E-state index contributed by atoms with van der Waals surface area (Å²) in [6.45, 7) is 0. The lowest BCUT2D eigenvalue weighted by molar-refractivity contribution is 0.475. The van der Waals surface area contributed by atoms with Crippen LogP contribution in [0.1, 0.15) is 0 Å². The van der Waals surface area contributed by atoms with E-state index in [4.69, 9.17) is 0 Å². The summed E-state index contributed by atoms with van der Waals surface area (Å²) in [5.41, 5.74) is 0. The van der Waals surface area contributed by atoms with Gasteiger partial charge in [0.2, 0.25) is 0 Å². The van der Waals surface area contributed by atoms with E-state index in [1.807, 2.05) is 18.4 Å². The van der Waals surface area contributed by atoms with E-state index in [2.05, 4.69) is 28.0 Å². The second kappa shape index (κ2) is 3.67. The molecule has 1 aromatic heterocycles. The summed E-state index contributed by atoms with van der Waals surface area (Å²) >= 11 is 5.68. The summed E-state index contributed by atoms with van der Waals surface area (Å²) in [4.78, 5) is 1.15. The molecule has 0 amide bonds. The molecule has 2 aromatic rings. The Balaban J connectivity index is 2.85. The monoisotopic (exact) mass is 322 g/mol. The van der Waals surface area contributed by atoms with Gasteiger partial charge >= 0.3 is 0 Å². The lowest BCUT2D eigenvalue weighted by Crippen LogP contribution is -1.74. The predicted octanol–water partition coefficient (Wildman–Crippen LogP) is 3.93. The van der Waals surface area contributed by atoms with Crippen molar-refractivity contribution in [3.05, 3.63) is 21.1 Å². The largest absolute Gasteiger partial charge is 0.508 e. The Kier molecular flexibility index (Phi) is 2.71. The first-order chi connectivity index (χ1) is 6.22. The molecule has 0 saturated heterocycles. The maximum Gasteiger partial charge on any atom is 0.118 e. The molecule has 1 aromatic carbocycles. The minimum Gasteiger partial charge on any atom is -0.508 e. The van der Waals surface area contributed by atoms with Crippen molar-refractivity contribution in [3.8, 4) is 5.75 Å². The number of hydrogen-bond donors (Lipinski definition) is 1. The van der Waals surface area contributed by atoms with E-state index < -0.39 is 0 Å². The van der Waals surface area contributed by atoms with Gasteiger partial charge < -0.3 is 5.11 Å². The molecule has 0 aliphatic carbocycles. The fourth-order valence-corrected chi connectivity index (χ4v) is 4.17. The average Bonchev–Trinajstić information content (AvgIpc) is 2.46. The third kappa shape index (κ3) is 1.67. The van der Waals surface area contributed by atoms with Crippen LogP contribution in [0.15, 0.2) is 22.4 Å². The number of phenolic OH excluding ortho intramolecular Hbond substituents is 1. The Hall–Kier alpha value is 0.0600. The molecule has 2 rings (SSSR count). The molecule has 1 nitrogen and oxygen atoms in total. The van der Waals surface area contributed by atoms with Crippen molar-refractivity contribution in [2.75, 3.05) is 6.26 Å². The van der Waals surface area contributed by atoms with Crippen LogP contribution in [0.25, 0.3) is 10.1 Å². The summed E-state index contributed by atoms with van der Waals surface area (Å²) in [5, 5.41) is 12.8. The molecule has 0 atom stereocenters. The highest BCUT2D eigenvalue weighted by Gasteiger charge is 2.07. The molecule has 0 unspecified atom stereocenters. The first-order valence-electron chi connectivity index (χ1n) is 3.66. The van der Waals surface area contributed by atoms with Crippen molar-refractivity contribution in [1.82, 2.24) is 0 Å². The van der Waals surface area contributed by atoms with Crippen molar-refractivity contribution >= 4 is 55.8 Å². The first-order valence-corrected chi connectivity index (χ1v) is 6.84. The number of thioether (sulfide) groups is 1. The zero-order chi connectivity index (χ0) is 9.42. The van der Waals surface area contributed by atoms with Gasteiger partial charge in [0, 0.05) is 23.9 Å². The molecule has 0 bridgehead atoms. The standard InChI is InChI=1S/C9H7IOS2/c1-12-7-2-5(11)3-8-9(7)6(10)4-13-8/h2-4,11H,1H3. The van der Waals surface area contributed by atoms with Gasteiger partial charge in [0.15, 0.2) is 0 Å². The summed E-state index contributed by atoms with van der Waals surface area (Å²) < 4.78 is 2.43. The highest BCUT2D eigenvalue weighted by Crippen LogP contribution is 2.37. The van der Waals surface area contributed by atoms with Crippen molar-refractivity contribution in [2.24, 2.45) is 0 Å². The van der Waals surface area contributed by atoms with E-state index >= 15 is 0 Å². The Morgan fingerprint density at radius 3 is 2.92 bits per heavy atom. The van der Waals surface area contributed by atoms with Crippen LogP contribution < -0.4 is 0 Å². The number of fused-ring (bicyclic) bond motifs is 1. The van der Waals surface area contributed by atoms with Crippen LogP contribution >= 0.6 is 45.7 Å². The number of aromatic hydroxyl groups is 1. The number of rotatable bonds is 1. The fraction of sp³-hybridized carbons (Fsp3) is 0.111. The molecule has 0 aliphatic heterocycles. The minimum atomic E-state index is 0.357. The molecule has 0 fully saturated rings. The second-order valence-corrected chi connectivity index (χ2v) is 5.53. The molecular formula is C9H7IOS2. The van der Waals surface area contributed by atoms with Crippen LogP contribution in [0.4, 0.5) is 0 Å². The van der Waals surface area contributed by atoms with E-state index in [0.717, 1.165) is 9.60 Å². The number of phenols is 1. The van der Waals surface area contributed by atoms with E-state index in [0.29, 0.717) is 5.75 Å². The number of hydrogen-bond acceptors (Lipinski definition) is 3. The van der Waals surface area contributed by atoms with Crippen LogP contribution in [0.2, 0.25) is 0 Å². The van der Waals surface area contributed by atoms with Gasteiger partial charge in [-0.1, -0.05) is 0 Å². The van der Waals surface area contributed by atoms with Crippen molar-refractivity contribution < 1.29 is 5.11 Å². The van der Waals surface area contributed by atoms with E-state index in [9.17, 15) is 5.11 Å². The van der Waals surface area contributed by atoms with Crippen LogP contribution in [-0.2, 0) is 0 Å². The predicted molar refractivity (Wildman–Crippen MR) is 68.0 cm³/mol. The maximum absolute atomic E-state index is 9.44. The Morgan fingerprint density at radius 1 is 1.46 bits per heavy atom. The Bertz CT molecular complexity index is 450. The van der Waals surface area contributed by atoms with E-state index in [1.165, 1.54) is 8.96 Å². The van der Waals surface area contributed by atoms with Gasteiger partial charge in [0.05, 0.1) is 0 Å². The lowest BCUT2D eigenvalue weighted by atomic mass is 10.2. The molecule has 13 heavy (non-hydrogen) atoms. The van der Waals surface area contributed by atoms with Crippen LogP contribution in [0.5, 0.6) is 5.75 Å². The van der Waals surface area contributed by atoms with Crippen LogP contribution in [0, 0.1) is 3.57 Å². The van der Waals surface area contributed by atoms with Gasteiger partial charge in [0.1, 0.15) is 5.75 Å². The molecule has 0 spiro atoms. The van der Waals surface area contributed by atoms with E-state index in [1.54, 1.807) is 23.1 Å². The van der Waals surface area contributed by atoms with Gasteiger partial charge in [0.25, 0.3) is 0 Å². The van der Waals surface area contributed by atoms with Crippen molar-refractivity contribution in [1.29, 1.82) is 0 Å². The number of halogens is 1. The summed E-state index contributed by atoms with van der Waals surface area (Å²) in [6, 6.07) is 3.64. The van der Waals surface area contributed by atoms with Crippen LogP contribution in [-0.4, -0.2) is 11.4 Å². The smallest absolute Gasteiger partial charge is 0.118 e. The third-order valence-electron chi connectivity index (χ3n) is 1.80. The van der Waals surface area contributed by atoms with Gasteiger partial charge in [-0.3, -0.25) is 0 Å². The van der Waals surface area contributed by atoms with Crippen molar-refractivity contribution in [2.45, 2.75) is 4.90 Å². The van der Waals surface area contributed by atoms with Gasteiger partial charge in [-0.05, 0) is 41.0 Å². The Morgan fingerprint density at radius 2 is 2.23 bits per heavy atom.